The van der Waals surface area contributed by atoms with Gasteiger partial charge in [-0.1, -0.05) is 11.6 Å². The molecule has 1 atom stereocenters. The number of nitriles is 1. The zero-order chi connectivity index (χ0) is 23.7. The molecule has 33 heavy (non-hydrogen) atoms. The van der Waals surface area contributed by atoms with Crippen LogP contribution < -0.4 is 21.9 Å². The number of nitrogens with two attached hydrogens (primary N) is 1. The fourth-order valence-electron chi connectivity index (χ4n) is 4.52. The molecule has 9 heteroatoms. The summed E-state index contributed by atoms with van der Waals surface area (Å²) in [7, 11) is 1.62. The van der Waals surface area contributed by atoms with Crippen molar-refractivity contribution in [1.82, 2.24) is 18.7 Å². The van der Waals surface area contributed by atoms with Gasteiger partial charge in [-0.05, 0) is 44.4 Å². The summed E-state index contributed by atoms with van der Waals surface area (Å²) in [5, 5.41) is 10.1. The van der Waals surface area contributed by atoms with Gasteiger partial charge in [0.15, 0.2) is 0 Å². The molecular formula is C24H29N7O2. The van der Waals surface area contributed by atoms with Gasteiger partial charge < -0.3 is 15.2 Å². The molecule has 0 aromatic carbocycles. The van der Waals surface area contributed by atoms with E-state index >= 15 is 0 Å². The fraction of sp³-hybridized carbons (Fsp3) is 0.417. The maximum absolute atomic E-state index is 13.7. The molecule has 0 spiro atoms. The third-order valence-electron chi connectivity index (χ3n) is 6.15. The number of fused-ring (bicyclic) bond motifs is 1. The van der Waals surface area contributed by atoms with Gasteiger partial charge in [0.05, 0.1) is 12.1 Å². The van der Waals surface area contributed by atoms with Gasteiger partial charge in [0.2, 0.25) is 0 Å². The monoisotopic (exact) mass is 447 g/mol. The number of hydrogen-bond donors (Lipinski definition) is 1. The molecule has 1 fully saturated rings. The van der Waals surface area contributed by atoms with E-state index < -0.39 is 11.2 Å². The minimum absolute atomic E-state index is 0.00706. The Labute approximate surface area is 192 Å². The molecule has 1 saturated heterocycles. The van der Waals surface area contributed by atoms with Crippen LogP contribution in [0.3, 0.4) is 0 Å². The summed E-state index contributed by atoms with van der Waals surface area (Å²) in [5.74, 6) is 0.661. The molecule has 0 radical (unpaired) electrons. The van der Waals surface area contributed by atoms with Crippen molar-refractivity contribution in [2.24, 2.45) is 12.8 Å². The molecule has 1 aliphatic rings. The van der Waals surface area contributed by atoms with Crippen molar-refractivity contribution in [2.45, 2.75) is 45.8 Å². The van der Waals surface area contributed by atoms with Crippen LogP contribution in [0, 0.1) is 11.3 Å². The van der Waals surface area contributed by atoms with Gasteiger partial charge in [-0.15, -0.1) is 0 Å². The first kappa shape index (κ1) is 22.6. The first-order chi connectivity index (χ1) is 15.8. The number of hydrogen-bond acceptors (Lipinski definition) is 6. The Bertz CT molecular complexity index is 1370. The van der Waals surface area contributed by atoms with Crippen molar-refractivity contribution in [2.75, 3.05) is 18.0 Å². The Balaban J connectivity index is 2.04. The second-order valence-electron chi connectivity index (χ2n) is 8.84. The van der Waals surface area contributed by atoms with Gasteiger partial charge in [0, 0.05) is 45.1 Å². The summed E-state index contributed by atoms with van der Waals surface area (Å²) in [4.78, 5) is 33.1. The van der Waals surface area contributed by atoms with E-state index in [4.69, 9.17) is 5.73 Å². The first-order valence-corrected chi connectivity index (χ1v) is 11.1. The van der Waals surface area contributed by atoms with Gasteiger partial charge >= 0.3 is 5.69 Å². The normalized spacial score (nSPS) is 16.1. The third-order valence-corrected chi connectivity index (χ3v) is 6.15. The summed E-state index contributed by atoms with van der Waals surface area (Å²) in [6.07, 6.45) is 7.11. The molecule has 3 aromatic heterocycles. The lowest BCUT2D eigenvalue weighted by Crippen LogP contribution is -2.44. The highest BCUT2D eigenvalue weighted by Crippen LogP contribution is 2.32. The molecule has 0 aliphatic carbocycles. The maximum atomic E-state index is 13.7. The maximum Gasteiger partial charge on any atom is 0.331 e. The molecule has 0 bridgehead atoms. The van der Waals surface area contributed by atoms with E-state index in [-0.39, 0.29) is 12.6 Å². The summed E-state index contributed by atoms with van der Waals surface area (Å²) < 4.78 is 4.52. The molecule has 4 heterocycles. The molecular weight excluding hydrogens is 418 g/mol. The van der Waals surface area contributed by atoms with Gasteiger partial charge in [-0.2, -0.15) is 5.26 Å². The fourth-order valence-corrected chi connectivity index (χ4v) is 4.52. The van der Waals surface area contributed by atoms with Crippen LogP contribution in [0.1, 0.15) is 37.8 Å². The Morgan fingerprint density at radius 2 is 1.97 bits per heavy atom. The number of rotatable bonds is 5. The molecule has 172 valence electrons. The highest BCUT2D eigenvalue weighted by atomic mass is 16.2. The van der Waals surface area contributed by atoms with E-state index in [1.54, 1.807) is 31.6 Å². The van der Waals surface area contributed by atoms with E-state index in [1.807, 2.05) is 24.5 Å². The Morgan fingerprint density at radius 3 is 2.61 bits per heavy atom. The number of anilines is 1. The minimum Gasteiger partial charge on any atom is -0.355 e. The lowest BCUT2D eigenvalue weighted by molar-refractivity contribution is 0.498. The molecule has 2 N–H and O–H groups in total. The van der Waals surface area contributed by atoms with Crippen LogP contribution in [-0.2, 0) is 20.1 Å². The van der Waals surface area contributed by atoms with Crippen molar-refractivity contribution in [3.8, 4) is 6.07 Å². The second-order valence-corrected chi connectivity index (χ2v) is 8.84. The number of allylic oxidation sites excluding steroid dienone is 2. The highest BCUT2D eigenvalue weighted by Gasteiger charge is 2.29. The standard InChI is InChI=1S/C24H29N7O2/c1-16(2)8-12-30-21-20(19(13-25)22(30)29-11-4-5-18(26)15-29)28(3)24(33)31(23(21)32)14-17-6-9-27-10-7-17/h6-10,18H,4-5,11-12,14-15,26H2,1-3H3/t18-/m0/s1. The van der Waals surface area contributed by atoms with Crippen molar-refractivity contribution in [3.63, 3.8) is 0 Å². The minimum atomic E-state index is -0.456. The lowest BCUT2D eigenvalue weighted by atomic mass is 10.1. The number of aromatic nitrogens is 4. The van der Waals surface area contributed by atoms with Crippen LogP contribution in [0.15, 0.2) is 45.8 Å². The van der Waals surface area contributed by atoms with Crippen LogP contribution in [0.2, 0.25) is 0 Å². The molecule has 1 aliphatic heterocycles. The van der Waals surface area contributed by atoms with Crippen LogP contribution >= 0.6 is 0 Å². The number of pyridine rings is 1. The second kappa shape index (κ2) is 9.08. The highest BCUT2D eigenvalue weighted by molar-refractivity contribution is 5.90. The average Bonchev–Trinajstić information content (AvgIpc) is 3.14. The van der Waals surface area contributed by atoms with Gasteiger partial charge in [0.1, 0.15) is 23.0 Å². The van der Waals surface area contributed by atoms with Crippen molar-refractivity contribution < 1.29 is 0 Å². The summed E-state index contributed by atoms with van der Waals surface area (Å²) in [6.45, 7) is 5.87. The van der Waals surface area contributed by atoms with Crippen LogP contribution in [0.5, 0.6) is 0 Å². The smallest absolute Gasteiger partial charge is 0.331 e. The molecule has 0 amide bonds. The zero-order valence-electron chi connectivity index (χ0n) is 19.3. The van der Waals surface area contributed by atoms with E-state index in [0.717, 1.165) is 30.5 Å². The average molecular weight is 448 g/mol. The van der Waals surface area contributed by atoms with E-state index in [9.17, 15) is 14.9 Å². The predicted octanol–water partition coefficient (Wildman–Crippen LogP) is 1.71. The predicted molar refractivity (Wildman–Crippen MR) is 128 cm³/mol. The van der Waals surface area contributed by atoms with Gasteiger partial charge in [-0.3, -0.25) is 18.9 Å². The Kier molecular flexibility index (Phi) is 6.20. The molecule has 0 unspecified atom stereocenters. The van der Waals surface area contributed by atoms with Crippen LogP contribution in [-0.4, -0.2) is 37.8 Å². The van der Waals surface area contributed by atoms with E-state index in [2.05, 4.69) is 16.0 Å². The Morgan fingerprint density at radius 1 is 1.24 bits per heavy atom. The number of aryl methyl sites for hydroxylation is 1. The SMILES string of the molecule is CC(C)=CCn1c(N2CCC[C@H](N)C2)c(C#N)c2c1c(=O)n(Cc1ccncc1)c(=O)n2C. The number of nitrogens with zero attached hydrogens (tertiary/aromatic N) is 6. The van der Waals surface area contributed by atoms with Gasteiger partial charge in [-0.25, -0.2) is 4.79 Å². The zero-order valence-corrected chi connectivity index (χ0v) is 19.3. The number of piperidine rings is 1. The molecule has 4 rings (SSSR count). The Hall–Kier alpha value is -3.64. The van der Waals surface area contributed by atoms with Gasteiger partial charge in [0.25, 0.3) is 5.56 Å². The summed E-state index contributed by atoms with van der Waals surface area (Å²) >= 11 is 0. The van der Waals surface area contributed by atoms with E-state index in [1.165, 1.54) is 9.13 Å². The topological polar surface area (TPSA) is 115 Å². The molecule has 0 saturated carbocycles. The first-order valence-electron chi connectivity index (χ1n) is 11.1. The quantitative estimate of drug-likeness (QED) is 0.596. The summed E-state index contributed by atoms with van der Waals surface area (Å²) in [6, 6.07) is 5.83. The third kappa shape index (κ3) is 4.10. The van der Waals surface area contributed by atoms with E-state index in [0.29, 0.717) is 35.5 Å². The van der Waals surface area contributed by atoms with Crippen molar-refractivity contribution >= 4 is 16.9 Å². The van der Waals surface area contributed by atoms with Crippen LogP contribution in [0.25, 0.3) is 11.0 Å². The van der Waals surface area contributed by atoms with Crippen molar-refractivity contribution in [3.05, 3.63) is 68.1 Å². The lowest BCUT2D eigenvalue weighted by Gasteiger charge is -2.33. The van der Waals surface area contributed by atoms with Crippen molar-refractivity contribution in [1.29, 1.82) is 5.26 Å². The summed E-state index contributed by atoms with van der Waals surface area (Å²) in [5.41, 5.74) is 8.34. The largest absolute Gasteiger partial charge is 0.355 e. The van der Waals surface area contributed by atoms with Crippen LogP contribution in [0.4, 0.5) is 5.82 Å². The molecule has 9 nitrogen and oxygen atoms in total. The molecule has 3 aromatic rings.